The molecule has 0 fully saturated rings. The number of ether oxygens (including phenoxy) is 3. The molecular formula is C35H31BrClNO7. The summed E-state index contributed by atoms with van der Waals surface area (Å²) in [5, 5.41) is 0.145. The molecule has 45 heavy (non-hydrogen) atoms. The summed E-state index contributed by atoms with van der Waals surface area (Å²) in [4.78, 5) is 52.6. The quantitative estimate of drug-likeness (QED) is 0.0882. The fourth-order valence-electron chi connectivity index (χ4n) is 4.49. The van der Waals surface area contributed by atoms with Gasteiger partial charge in [-0.1, -0.05) is 82.1 Å². The number of hydrogen-bond donors (Lipinski definition) is 0. The minimum absolute atomic E-state index is 0.0963. The van der Waals surface area contributed by atoms with E-state index < -0.39 is 24.3 Å². The normalized spacial score (nSPS) is 11.3. The third-order valence-corrected chi connectivity index (χ3v) is 7.57. The largest absolute Gasteiger partial charge is 0.461 e. The molecule has 4 aromatic rings. The molecule has 0 radical (unpaired) electrons. The zero-order valence-electron chi connectivity index (χ0n) is 24.9. The van der Waals surface area contributed by atoms with E-state index in [2.05, 4.69) is 15.9 Å². The van der Waals surface area contributed by atoms with Crippen LogP contribution in [0.5, 0.6) is 0 Å². The highest BCUT2D eigenvalue weighted by atomic mass is 79.9. The summed E-state index contributed by atoms with van der Waals surface area (Å²) in [6.45, 7) is 5.15. The maximum atomic E-state index is 13.6. The minimum Gasteiger partial charge on any atom is -0.461 e. The zero-order chi connectivity index (χ0) is 32.5. The van der Waals surface area contributed by atoms with Gasteiger partial charge in [-0.25, -0.2) is 9.69 Å². The summed E-state index contributed by atoms with van der Waals surface area (Å²) in [5.41, 5.74) is 3.98. The molecule has 1 atom stereocenters. The first kappa shape index (κ1) is 33.4. The highest BCUT2D eigenvalue weighted by Gasteiger charge is 2.26. The van der Waals surface area contributed by atoms with Crippen LogP contribution in [0.2, 0.25) is 5.02 Å². The number of aryl methyl sites for hydroxylation is 2. The number of nitrogens with zero attached hydrogens (tertiary/aromatic N) is 1. The van der Waals surface area contributed by atoms with Crippen LogP contribution in [-0.4, -0.2) is 30.1 Å². The van der Waals surface area contributed by atoms with Crippen LogP contribution in [-0.2, 0) is 30.4 Å². The molecule has 1 amide bonds. The Morgan fingerprint density at radius 3 is 2.16 bits per heavy atom. The number of ketones is 1. The maximum absolute atomic E-state index is 13.6. The standard InChI is InChI=1S/C35H31BrClNO7/c1-22-9-7-8-12-28(22)34(41)29-15-14-27(20-30(29)37)38(31-16-13-26(36)19-23(31)2)35(42)45-24(3)44-33(40)18-17-32(39)43-21-25-10-5-4-6-11-25/h4-16,19-20,24H,17-18,21H2,1-3H3. The smallest absolute Gasteiger partial charge is 0.422 e. The number of rotatable bonds is 11. The fourth-order valence-corrected chi connectivity index (χ4v) is 5.23. The Morgan fingerprint density at radius 1 is 0.778 bits per heavy atom. The van der Waals surface area contributed by atoms with Gasteiger partial charge >= 0.3 is 18.0 Å². The molecule has 0 aliphatic carbocycles. The SMILES string of the molecule is Cc1ccccc1C(=O)c1ccc(N(C(=O)OC(C)OC(=O)CCC(=O)OCc2ccccc2)c2ccc(Br)cc2C)cc1Cl. The van der Waals surface area contributed by atoms with Gasteiger partial charge in [-0.3, -0.25) is 14.4 Å². The van der Waals surface area contributed by atoms with E-state index in [9.17, 15) is 19.2 Å². The molecular weight excluding hydrogens is 662 g/mol. The average molecular weight is 693 g/mol. The van der Waals surface area contributed by atoms with Gasteiger partial charge in [0.25, 0.3) is 0 Å². The molecule has 0 spiro atoms. The molecule has 0 saturated heterocycles. The van der Waals surface area contributed by atoms with E-state index in [1.54, 1.807) is 36.4 Å². The van der Waals surface area contributed by atoms with E-state index in [4.69, 9.17) is 25.8 Å². The molecule has 0 saturated carbocycles. The lowest BCUT2D eigenvalue weighted by atomic mass is 9.99. The number of carbonyl (C=O) groups excluding carboxylic acids is 4. The first-order valence-electron chi connectivity index (χ1n) is 14.1. The Balaban J connectivity index is 1.45. The van der Waals surface area contributed by atoms with Gasteiger partial charge in [-0.15, -0.1) is 0 Å². The summed E-state index contributed by atoms with van der Waals surface area (Å²) in [6, 6.07) is 26.3. The van der Waals surface area contributed by atoms with Crippen LogP contribution >= 0.6 is 27.5 Å². The molecule has 4 rings (SSSR count). The van der Waals surface area contributed by atoms with Crippen molar-refractivity contribution in [3.05, 3.63) is 128 Å². The summed E-state index contributed by atoms with van der Waals surface area (Å²) >= 11 is 10.0. The molecule has 0 aromatic heterocycles. The monoisotopic (exact) mass is 691 g/mol. The molecule has 0 aliphatic rings. The van der Waals surface area contributed by atoms with Gasteiger partial charge < -0.3 is 14.2 Å². The summed E-state index contributed by atoms with van der Waals surface area (Å²) in [6.07, 6.45) is -2.57. The van der Waals surface area contributed by atoms with Gasteiger partial charge in [0.15, 0.2) is 5.78 Å². The van der Waals surface area contributed by atoms with Crippen molar-refractivity contribution in [2.45, 2.75) is 46.5 Å². The number of halogens is 2. The molecule has 1 unspecified atom stereocenters. The molecule has 4 aromatic carbocycles. The third kappa shape index (κ3) is 9.03. The summed E-state index contributed by atoms with van der Waals surface area (Å²) in [5.74, 6) is -1.54. The highest BCUT2D eigenvalue weighted by Crippen LogP contribution is 2.34. The van der Waals surface area contributed by atoms with Crippen molar-refractivity contribution >= 4 is 62.7 Å². The molecule has 0 aliphatic heterocycles. The second kappa shape index (κ2) is 15.5. The van der Waals surface area contributed by atoms with Gasteiger partial charge in [-0.2, -0.15) is 0 Å². The second-order valence-electron chi connectivity index (χ2n) is 10.2. The van der Waals surface area contributed by atoms with Crippen LogP contribution in [0.1, 0.15) is 52.4 Å². The van der Waals surface area contributed by atoms with E-state index >= 15 is 0 Å². The summed E-state index contributed by atoms with van der Waals surface area (Å²) < 4.78 is 16.7. The molecule has 10 heteroatoms. The predicted octanol–water partition coefficient (Wildman–Crippen LogP) is 8.64. The van der Waals surface area contributed by atoms with Crippen LogP contribution in [0.4, 0.5) is 16.2 Å². The van der Waals surface area contributed by atoms with Gasteiger partial charge in [0.2, 0.25) is 6.29 Å². The minimum atomic E-state index is -1.28. The van der Waals surface area contributed by atoms with Crippen LogP contribution in [0, 0.1) is 13.8 Å². The van der Waals surface area contributed by atoms with Gasteiger partial charge in [0.05, 0.1) is 29.2 Å². The number of benzene rings is 4. The number of anilines is 2. The fraction of sp³-hybridized carbons (Fsp3) is 0.200. The Bertz CT molecular complexity index is 1710. The van der Waals surface area contributed by atoms with Crippen molar-refractivity contribution in [1.82, 2.24) is 0 Å². The maximum Gasteiger partial charge on any atom is 0.422 e. The van der Waals surface area contributed by atoms with Crippen LogP contribution in [0.25, 0.3) is 0 Å². The van der Waals surface area contributed by atoms with Crippen LogP contribution in [0.15, 0.2) is 95.5 Å². The topological polar surface area (TPSA) is 99.2 Å². The van der Waals surface area contributed by atoms with Crippen molar-refractivity contribution in [2.75, 3.05) is 4.90 Å². The van der Waals surface area contributed by atoms with E-state index in [1.165, 1.54) is 17.9 Å². The lowest BCUT2D eigenvalue weighted by Crippen LogP contribution is -2.32. The third-order valence-electron chi connectivity index (χ3n) is 6.77. The molecule has 0 bridgehead atoms. The van der Waals surface area contributed by atoms with Crippen molar-refractivity contribution in [3.63, 3.8) is 0 Å². The predicted molar refractivity (Wildman–Crippen MR) is 175 cm³/mol. The van der Waals surface area contributed by atoms with E-state index in [-0.39, 0.29) is 35.8 Å². The second-order valence-corrected chi connectivity index (χ2v) is 11.5. The van der Waals surface area contributed by atoms with Crippen LogP contribution in [0.3, 0.4) is 0 Å². The Kier molecular flexibility index (Phi) is 11.5. The van der Waals surface area contributed by atoms with Gasteiger partial charge in [0, 0.05) is 22.5 Å². The van der Waals surface area contributed by atoms with Crippen molar-refractivity contribution in [3.8, 4) is 0 Å². The first-order valence-corrected chi connectivity index (χ1v) is 15.3. The molecule has 0 heterocycles. The lowest BCUT2D eigenvalue weighted by Gasteiger charge is -2.26. The number of amides is 1. The number of hydrogen-bond acceptors (Lipinski definition) is 7. The van der Waals surface area contributed by atoms with Crippen molar-refractivity contribution < 1.29 is 33.4 Å². The summed E-state index contributed by atoms with van der Waals surface area (Å²) in [7, 11) is 0. The molecule has 8 nitrogen and oxygen atoms in total. The van der Waals surface area contributed by atoms with Gasteiger partial charge in [-0.05, 0) is 66.9 Å². The van der Waals surface area contributed by atoms with Gasteiger partial charge in [0.1, 0.15) is 6.61 Å². The molecule has 0 N–H and O–H groups in total. The van der Waals surface area contributed by atoms with Crippen LogP contribution < -0.4 is 4.90 Å². The number of esters is 2. The highest BCUT2D eigenvalue weighted by molar-refractivity contribution is 9.10. The molecule has 232 valence electrons. The Labute approximate surface area is 275 Å². The number of carbonyl (C=O) groups is 4. The Morgan fingerprint density at radius 2 is 1.47 bits per heavy atom. The zero-order valence-corrected chi connectivity index (χ0v) is 27.3. The first-order chi connectivity index (χ1) is 21.5. The van der Waals surface area contributed by atoms with E-state index in [0.717, 1.165) is 21.2 Å². The average Bonchev–Trinajstić information content (AvgIpc) is 3.00. The van der Waals surface area contributed by atoms with E-state index in [1.807, 2.05) is 62.4 Å². The lowest BCUT2D eigenvalue weighted by molar-refractivity contribution is -0.166. The Hall–Kier alpha value is -4.47. The van der Waals surface area contributed by atoms with Crippen molar-refractivity contribution in [1.29, 1.82) is 0 Å². The van der Waals surface area contributed by atoms with Crippen molar-refractivity contribution in [2.24, 2.45) is 0 Å². The van der Waals surface area contributed by atoms with E-state index in [0.29, 0.717) is 16.9 Å².